The lowest BCUT2D eigenvalue weighted by molar-refractivity contribution is -0.141. The lowest BCUT2D eigenvalue weighted by atomic mass is 10.1. The number of ether oxygens (including phenoxy) is 1. The van der Waals surface area contributed by atoms with E-state index in [0.29, 0.717) is 15.7 Å². The first-order valence-electron chi connectivity index (χ1n) is 11.7. The Morgan fingerprint density at radius 2 is 1.66 bits per heavy atom. The van der Waals surface area contributed by atoms with Crippen LogP contribution < -0.4 is 10.4 Å². The summed E-state index contributed by atoms with van der Waals surface area (Å²) >= 11 is 0. The van der Waals surface area contributed by atoms with Crippen LogP contribution in [0.5, 0.6) is 5.88 Å². The summed E-state index contributed by atoms with van der Waals surface area (Å²) < 4.78 is 102. The molecule has 4 aromatic heterocycles. The molecule has 0 aliphatic heterocycles. The highest BCUT2D eigenvalue weighted by Crippen LogP contribution is 2.31. The molecule has 0 aliphatic rings. The van der Waals surface area contributed by atoms with E-state index in [1.807, 2.05) is 0 Å². The van der Waals surface area contributed by atoms with Crippen molar-refractivity contribution in [3.8, 4) is 28.7 Å². The Morgan fingerprint density at radius 3 is 2.27 bits per heavy atom. The second kappa shape index (κ2) is 10.0. The van der Waals surface area contributed by atoms with Crippen LogP contribution in [0, 0.1) is 11.2 Å². The van der Waals surface area contributed by atoms with Gasteiger partial charge in [-0.05, 0) is 11.6 Å². The van der Waals surface area contributed by atoms with Crippen LogP contribution in [-0.2, 0) is 26.3 Å². The van der Waals surface area contributed by atoms with Gasteiger partial charge in [-0.15, -0.1) is 0 Å². The van der Waals surface area contributed by atoms with E-state index in [2.05, 4.69) is 19.9 Å². The van der Waals surface area contributed by atoms with Crippen molar-refractivity contribution in [2.24, 2.45) is 7.05 Å². The maximum absolute atomic E-state index is 14.7. The van der Waals surface area contributed by atoms with E-state index in [9.17, 15) is 30.7 Å². The lowest BCUT2D eigenvalue weighted by Gasteiger charge is -2.09. The van der Waals surface area contributed by atoms with Gasteiger partial charge in [0.05, 0.1) is 19.9 Å². The van der Waals surface area contributed by atoms with E-state index in [0.717, 1.165) is 24.7 Å². The summed E-state index contributed by atoms with van der Waals surface area (Å²) in [5.74, 6) is -1.08. The zero-order valence-corrected chi connectivity index (χ0v) is 21.2. The van der Waals surface area contributed by atoms with Crippen LogP contribution in [0.15, 0.2) is 48.9 Å². The monoisotopic (exact) mass is 580 g/mol. The van der Waals surface area contributed by atoms with Crippen LogP contribution in [0.25, 0.3) is 33.9 Å². The summed E-state index contributed by atoms with van der Waals surface area (Å²) in [6, 6.07) is 7.15. The first-order valence-corrected chi connectivity index (χ1v) is 11.7. The van der Waals surface area contributed by atoms with E-state index in [-0.39, 0.29) is 40.8 Å². The van der Waals surface area contributed by atoms with Crippen LogP contribution in [0.3, 0.4) is 0 Å². The third kappa shape index (κ3) is 5.36. The van der Waals surface area contributed by atoms with Crippen molar-refractivity contribution in [3.05, 3.63) is 71.6 Å². The fraction of sp³-hybridized carbons (Fsp3) is 0.240. The SMILES string of the molecule is COc1nccc(F)c1-c1ncc2c(n1)n(Cc1ccc(-c3nc(C(F)(F)F)cn3C)cc1)c(=N)n2CC(F)(F)F. The number of rotatable bonds is 6. The molecular weight excluding hydrogens is 561 g/mol. The second-order valence-electron chi connectivity index (χ2n) is 8.95. The number of nitrogens with one attached hydrogen (secondary N) is 1. The number of halogens is 7. The fourth-order valence-corrected chi connectivity index (χ4v) is 4.32. The minimum Gasteiger partial charge on any atom is -0.480 e. The average molecular weight is 580 g/mol. The molecule has 0 radical (unpaired) electrons. The Bertz CT molecular complexity index is 1800. The van der Waals surface area contributed by atoms with Gasteiger partial charge in [0.1, 0.15) is 29.3 Å². The first kappa shape index (κ1) is 27.8. The van der Waals surface area contributed by atoms with E-state index in [4.69, 9.17) is 10.1 Å². The molecule has 0 unspecified atom stereocenters. The lowest BCUT2D eigenvalue weighted by Crippen LogP contribution is -2.30. The Kier molecular flexibility index (Phi) is 6.79. The summed E-state index contributed by atoms with van der Waals surface area (Å²) in [6.45, 7) is -1.64. The molecule has 41 heavy (non-hydrogen) atoms. The number of alkyl halides is 6. The van der Waals surface area contributed by atoms with Gasteiger partial charge in [-0.3, -0.25) is 14.5 Å². The van der Waals surface area contributed by atoms with Crippen LogP contribution in [-0.4, -0.2) is 46.9 Å². The van der Waals surface area contributed by atoms with Gasteiger partial charge in [-0.2, -0.15) is 26.3 Å². The smallest absolute Gasteiger partial charge is 0.434 e. The largest absolute Gasteiger partial charge is 0.480 e. The van der Waals surface area contributed by atoms with Gasteiger partial charge in [-0.1, -0.05) is 24.3 Å². The molecule has 9 nitrogen and oxygen atoms in total. The Hall–Kier alpha value is -4.76. The molecule has 0 spiro atoms. The minimum absolute atomic E-state index is 0.0596. The van der Waals surface area contributed by atoms with Crippen molar-refractivity contribution in [1.82, 2.24) is 33.6 Å². The molecule has 4 heterocycles. The molecule has 0 saturated carbocycles. The molecule has 0 amide bonds. The Morgan fingerprint density at radius 1 is 0.951 bits per heavy atom. The minimum atomic E-state index is -4.67. The zero-order valence-electron chi connectivity index (χ0n) is 21.2. The summed E-state index contributed by atoms with van der Waals surface area (Å²) in [5, 5.41) is 8.49. The quantitative estimate of drug-likeness (QED) is 0.287. The Labute approximate surface area is 226 Å². The molecule has 1 aromatic carbocycles. The van der Waals surface area contributed by atoms with Gasteiger partial charge in [0.15, 0.2) is 17.2 Å². The van der Waals surface area contributed by atoms with Gasteiger partial charge in [0, 0.05) is 25.0 Å². The number of aromatic nitrogens is 7. The van der Waals surface area contributed by atoms with Crippen LogP contribution in [0.1, 0.15) is 11.3 Å². The molecular formula is C25H19F7N8O. The third-order valence-electron chi connectivity index (χ3n) is 6.15. The normalized spacial score (nSPS) is 12.3. The van der Waals surface area contributed by atoms with E-state index >= 15 is 0 Å². The number of hydrogen-bond donors (Lipinski definition) is 1. The van der Waals surface area contributed by atoms with Gasteiger partial charge >= 0.3 is 12.4 Å². The summed E-state index contributed by atoms with van der Waals surface area (Å²) in [7, 11) is 2.67. The molecule has 0 atom stereocenters. The van der Waals surface area contributed by atoms with Crippen LogP contribution in [0.2, 0.25) is 0 Å². The highest BCUT2D eigenvalue weighted by atomic mass is 19.4. The predicted molar refractivity (Wildman–Crippen MR) is 130 cm³/mol. The number of aryl methyl sites for hydroxylation is 1. The molecule has 0 saturated heterocycles. The van der Waals surface area contributed by atoms with Crippen molar-refractivity contribution in [2.45, 2.75) is 25.4 Å². The van der Waals surface area contributed by atoms with Crippen molar-refractivity contribution in [1.29, 1.82) is 5.41 Å². The molecule has 0 bridgehead atoms. The van der Waals surface area contributed by atoms with Crippen molar-refractivity contribution in [2.75, 3.05) is 7.11 Å². The van der Waals surface area contributed by atoms with Crippen molar-refractivity contribution < 1.29 is 35.5 Å². The molecule has 0 fully saturated rings. The van der Waals surface area contributed by atoms with Crippen molar-refractivity contribution in [3.63, 3.8) is 0 Å². The molecule has 1 N–H and O–H groups in total. The molecule has 5 rings (SSSR count). The van der Waals surface area contributed by atoms with Gasteiger partial charge in [0.25, 0.3) is 0 Å². The number of fused-ring (bicyclic) bond motifs is 1. The Balaban J connectivity index is 1.59. The highest BCUT2D eigenvalue weighted by Gasteiger charge is 2.34. The maximum atomic E-state index is 14.7. The highest BCUT2D eigenvalue weighted by molar-refractivity contribution is 5.75. The number of pyridine rings is 1. The molecule has 214 valence electrons. The van der Waals surface area contributed by atoms with Crippen LogP contribution in [0.4, 0.5) is 30.7 Å². The van der Waals surface area contributed by atoms with E-state index in [1.54, 1.807) is 12.1 Å². The molecule has 5 aromatic rings. The maximum Gasteiger partial charge on any atom is 0.434 e. The van der Waals surface area contributed by atoms with Crippen LogP contribution >= 0.6 is 0 Å². The number of nitrogens with zero attached hydrogens (tertiary/aromatic N) is 7. The summed E-state index contributed by atoms with van der Waals surface area (Å²) in [5.41, 5.74) is -1.16. The summed E-state index contributed by atoms with van der Waals surface area (Å²) in [4.78, 5) is 15.9. The first-order chi connectivity index (χ1) is 19.3. The number of hydrogen-bond acceptors (Lipinski definition) is 6. The number of imidazole rings is 2. The second-order valence-corrected chi connectivity index (χ2v) is 8.95. The van der Waals surface area contributed by atoms with E-state index < -0.39 is 36.0 Å². The standard InChI is InChI=1S/C25H19F7N8O/c1-38-11-17(25(30,31)32)36-20(38)14-5-3-13(4-6-14)10-39-21-16(40(23(39)33)12-24(27,28)29)9-35-19(37-21)18-15(26)7-8-34-22(18)41-2/h3-9,11,33H,10,12H2,1-2H3. The van der Waals surface area contributed by atoms with Gasteiger partial charge in [0.2, 0.25) is 11.5 Å². The fourth-order valence-electron chi connectivity index (χ4n) is 4.32. The zero-order chi connectivity index (χ0) is 29.7. The molecule has 0 aliphatic carbocycles. The average Bonchev–Trinajstić information content (AvgIpc) is 3.41. The third-order valence-corrected chi connectivity index (χ3v) is 6.15. The van der Waals surface area contributed by atoms with Gasteiger partial charge < -0.3 is 9.30 Å². The van der Waals surface area contributed by atoms with Gasteiger partial charge in [-0.25, -0.2) is 24.3 Å². The summed E-state index contributed by atoms with van der Waals surface area (Å²) in [6.07, 6.45) is -6.21. The number of methoxy groups -OCH3 is 1. The molecule has 16 heteroatoms. The van der Waals surface area contributed by atoms with Crippen molar-refractivity contribution >= 4 is 11.2 Å². The topological polar surface area (TPSA) is 99.4 Å². The predicted octanol–water partition coefficient (Wildman–Crippen LogP) is 4.95. The van der Waals surface area contributed by atoms with E-state index in [1.165, 1.54) is 35.4 Å². The number of benzene rings is 1.